The molecular weight excluding hydrogens is 256 g/mol. The lowest BCUT2D eigenvalue weighted by atomic mass is 10.0. The van der Waals surface area contributed by atoms with Gasteiger partial charge in [0.1, 0.15) is 0 Å². The predicted octanol–water partition coefficient (Wildman–Crippen LogP) is 0.494. The summed E-state index contributed by atoms with van der Waals surface area (Å²) in [4.78, 5) is 23.7. The van der Waals surface area contributed by atoms with Gasteiger partial charge in [-0.2, -0.15) is 5.10 Å². The second-order valence-corrected chi connectivity index (χ2v) is 5.15. The van der Waals surface area contributed by atoms with Crippen LogP contribution in [0.5, 0.6) is 0 Å². The molecule has 0 bridgehead atoms. The topological polar surface area (TPSA) is 101 Å². The third kappa shape index (κ3) is 3.66. The maximum atomic E-state index is 11.9. The molecule has 6 nitrogen and oxygen atoms in total. The molecule has 0 aliphatic rings. The molecule has 1 heterocycles. The number of nitrogens with two attached hydrogens (primary N) is 1. The second kappa shape index (κ2) is 7.19. The zero-order valence-electron chi connectivity index (χ0n) is 12.6. The zero-order chi connectivity index (χ0) is 15.3. The van der Waals surface area contributed by atoms with Crippen molar-refractivity contribution in [3.63, 3.8) is 0 Å². The number of amides is 1. The van der Waals surface area contributed by atoms with E-state index in [-0.39, 0.29) is 23.9 Å². The van der Waals surface area contributed by atoms with Crippen LogP contribution < -0.4 is 16.6 Å². The second-order valence-electron chi connectivity index (χ2n) is 5.15. The fourth-order valence-electron chi connectivity index (χ4n) is 2.06. The van der Waals surface area contributed by atoms with Crippen LogP contribution in [0, 0.1) is 5.92 Å². The number of rotatable bonds is 6. The van der Waals surface area contributed by atoms with E-state index < -0.39 is 6.04 Å². The SMILES string of the molecule is CCc1n[nH]c(=O)c(CNC(=O)[C@@H](N)C(C)C)c1CC. The largest absolute Gasteiger partial charge is 0.350 e. The molecule has 0 aromatic carbocycles. The van der Waals surface area contributed by atoms with Crippen LogP contribution in [0.25, 0.3) is 0 Å². The first-order chi connectivity index (χ1) is 9.42. The molecule has 0 radical (unpaired) electrons. The van der Waals surface area contributed by atoms with Crippen LogP contribution in [0.1, 0.15) is 44.5 Å². The minimum Gasteiger partial charge on any atom is -0.350 e. The molecule has 20 heavy (non-hydrogen) atoms. The first kappa shape index (κ1) is 16.4. The van der Waals surface area contributed by atoms with Crippen LogP contribution in [0.3, 0.4) is 0 Å². The van der Waals surface area contributed by atoms with Crippen molar-refractivity contribution < 1.29 is 4.79 Å². The van der Waals surface area contributed by atoms with Crippen molar-refractivity contribution in [1.29, 1.82) is 0 Å². The lowest BCUT2D eigenvalue weighted by Gasteiger charge is -2.16. The van der Waals surface area contributed by atoms with Crippen LogP contribution in [0.15, 0.2) is 4.79 Å². The first-order valence-electron chi connectivity index (χ1n) is 7.04. The van der Waals surface area contributed by atoms with Crippen LogP contribution in [-0.2, 0) is 24.2 Å². The normalized spacial score (nSPS) is 12.5. The van der Waals surface area contributed by atoms with Gasteiger partial charge in [-0.1, -0.05) is 27.7 Å². The summed E-state index contributed by atoms with van der Waals surface area (Å²) in [7, 11) is 0. The molecule has 6 heteroatoms. The van der Waals surface area contributed by atoms with Crippen molar-refractivity contribution in [2.75, 3.05) is 0 Å². The Morgan fingerprint density at radius 3 is 2.45 bits per heavy atom. The fourth-order valence-corrected chi connectivity index (χ4v) is 2.06. The number of aromatic nitrogens is 2. The minimum atomic E-state index is -0.563. The van der Waals surface area contributed by atoms with Gasteiger partial charge in [-0.15, -0.1) is 0 Å². The third-order valence-electron chi connectivity index (χ3n) is 3.43. The Morgan fingerprint density at radius 1 is 1.30 bits per heavy atom. The third-order valence-corrected chi connectivity index (χ3v) is 3.43. The van der Waals surface area contributed by atoms with Crippen LogP contribution in [0.2, 0.25) is 0 Å². The molecule has 1 atom stereocenters. The Kier molecular flexibility index (Phi) is 5.88. The monoisotopic (exact) mass is 280 g/mol. The molecule has 1 rings (SSSR count). The Hall–Kier alpha value is -1.69. The molecule has 0 fully saturated rings. The van der Waals surface area contributed by atoms with Gasteiger partial charge < -0.3 is 11.1 Å². The molecular formula is C14H24N4O2. The molecule has 0 aliphatic carbocycles. The van der Waals surface area contributed by atoms with Crippen molar-refractivity contribution in [3.05, 3.63) is 27.2 Å². The Balaban J connectivity index is 2.93. The number of hydrogen-bond acceptors (Lipinski definition) is 4. The van der Waals surface area contributed by atoms with Crippen LogP contribution in [-0.4, -0.2) is 22.1 Å². The van der Waals surface area contributed by atoms with Gasteiger partial charge in [0, 0.05) is 12.1 Å². The van der Waals surface area contributed by atoms with E-state index in [2.05, 4.69) is 15.5 Å². The van der Waals surface area contributed by atoms with Crippen molar-refractivity contribution in [2.45, 2.75) is 53.1 Å². The van der Waals surface area contributed by atoms with Crippen molar-refractivity contribution in [1.82, 2.24) is 15.5 Å². The summed E-state index contributed by atoms with van der Waals surface area (Å²) in [5, 5.41) is 9.26. The van der Waals surface area contributed by atoms with Gasteiger partial charge in [0.25, 0.3) is 5.56 Å². The molecule has 0 aliphatic heterocycles. The van der Waals surface area contributed by atoms with E-state index in [4.69, 9.17) is 5.73 Å². The number of hydrogen-bond donors (Lipinski definition) is 3. The summed E-state index contributed by atoms with van der Waals surface area (Å²) in [5.74, 6) is -0.182. The number of aryl methyl sites for hydroxylation is 1. The lowest BCUT2D eigenvalue weighted by Crippen LogP contribution is -2.44. The fraction of sp³-hybridized carbons (Fsp3) is 0.643. The number of nitrogens with one attached hydrogen (secondary N) is 2. The molecule has 1 aromatic heterocycles. The van der Waals surface area contributed by atoms with Crippen molar-refractivity contribution in [2.24, 2.45) is 11.7 Å². The number of carbonyl (C=O) groups excluding carboxylic acids is 1. The Morgan fingerprint density at radius 2 is 1.95 bits per heavy atom. The summed E-state index contributed by atoms with van der Waals surface area (Å²) >= 11 is 0. The molecule has 1 amide bonds. The quantitative estimate of drug-likeness (QED) is 0.706. The van der Waals surface area contributed by atoms with E-state index in [9.17, 15) is 9.59 Å². The van der Waals surface area contributed by atoms with Gasteiger partial charge in [-0.05, 0) is 24.3 Å². The number of carbonyl (C=O) groups is 1. The Bertz CT molecular complexity index is 522. The predicted molar refractivity (Wildman–Crippen MR) is 78.3 cm³/mol. The molecule has 0 spiro atoms. The average molecular weight is 280 g/mol. The maximum Gasteiger partial charge on any atom is 0.269 e. The van der Waals surface area contributed by atoms with E-state index in [1.54, 1.807) is 0 Å². The highest BCUT2D eigenvalue weighted by atomic mass is 16.2. The first-order valence-corrected chi connectivity index (χ1v) is 7.04. The molecule has 4 N–H and O–H groups in total. The van der Waals surface area contributed by atoms with E-state index in [1.807, 2.05) is 27.7 Å². The van der Waals surface area contributed by atoms with Gasteiger partial charge in [-0.25, -0.2) is 5.10 Å². The van der Waals surface area contributed by atoms with E-state index in [0.717, 1.165) is 17.7 Å². The highest BCUT2D eigenvalue weighted by Gasteiger charge is 2.18. The van der Waals surface area contributed by atoms with Crippen LogP contribution >= 0.6 is 0 Å². The van der Waals surface area contributed by atoms with E-state index >= 15 is 0 Å². The molecule has 112 valence electrons. The van der Waals surface area contributed by atoms with Gasteiger partial charge in [0.2, 0.25) is 5.91 Å². The number of H-pyrrole nitrogens is 1. The smallest absolute Gasteiger partial charge is 0.269 e. The molecule has 1 aromatic rings. The molecule has 0 unspecified atom stereocenters. The van der Waals surface area contributed by atoms with Crippen molar-refractivity contribution in [3.8, 4) is 0 Å². The van der Waals surface area contributed by atoms with E-state index in [0.29, 0.717) is 12.0 Å². The lowest BCUT2D eigenvalue weighted by molar-refractivity contribution is -0.123. The van der Waals surface area contributed by atoms with Gasteiger partial charge in [0.15, 0.2) is 0 Å². The molecule has 0 saturated carbocycles. The number of aromatic amines is 1. The highest BCUT2D eigenvalue weighted by molar-refractivity contribution is 5.81. The highest BCUT2D eigenvalue weighted by Crippen LogP contribution is 2.10. The standard InChI is InChI=1S/C14H24N4O2/c1-5-9-10(13(19)18-17-11(9)6-2)7-16-14(20)12(15)8(3)4/h8,12H,5-7,15H2,1-4H3,(H,16,20)(H,18,19)/t12-/m0/s1. The maximum absolute atomic E-state index is 11.9. The summed E-state index contributed by atoms with van der Waals surface area (Å²) in [6, 6.07) is -0.563. The summed E-state index contributed by atoms with van der Waals surface area (Å²) < 4.78 is 0. The summed E-state index contributed by atoms with van der Waals surface area (Å²) in [6.07, 6.45) is 1.45. The number of nitrogens with zero attached hydrogens (tertiary/aromatic N) is 1. The summed E-state index contributed by atoms with van der Waals surface area (Å²) in [5.41, 5.74) is 7.88. The van der Waals surface area contributed by atoms with E-state index in [1.165, 1.54) is 0 Å². The van der Waals surface area contributed by atoms with Gasteiger partial charge in [-0.3, -0.25) is 9.59 Å². The zero-order valence-corrected chi connectivity index (χ0v) is 12.6. The Labute approximate surface area is 119 Å². The molecule has 0 saturated heterocycles. The summed E-state index contributed by atoms with van der Waals surface area (Å²) in [6.45, 7) is 7.91. The minimum absolute atomic E-state index is 0.0579. The van der Waals surface area contributed by atoms with Gasteiger partial charge >= 0.3 is 0 Å². The van der Waals surface area contributed by atoms with Crippen LogP contribution in [0.4, 0.5) is 0 Å². The van der Waals surface area contributed by atoms with Crippen molar-refractivity contribution >= 4 is 5.91 Å². The van der Waals surface area contributed by atoms with Gasteiger partial charge in [0.05, 0.1) is 11.7 Å². The average Bonchev–Trinajstić information content (AvgIpc) is 2.44.